The number of ether oxygens (including phenoxy) is 2. The molecule has 0 N–H and O–H groups in total. The zero-order chi connectivity index (χ0) is 12.3. The van der Waals surface area contributed by atoms with Crippen LogP contribution in [0.1, 0.15) is 12.0 Å². The van der Waals surface area contributed by atoms with E-state index < -0.39 is 0 Å². The van der Waals surface area contributed by atoms with Crippen molar-refractivity contribution in [2.45, 2.75) is 19.4 Å². The monoisotopic (exact) mass is 252 g/mol. The van der Waals surface area contributed by atoms with E-state index in [-0.39, 0.29) is 6.10 Å². The Morgan fingerprint density at radius 3 is 2.76 bits per heavy atom. The lowest BCUT2D eigenvalue weighted by atomic mass is 10.2. The van der Waals surface area contributed by atoms with Gasteiger partial charge >= 0.3 is 0 Å². The van der Waals surface area contributed by atoms with Gasteiger partial charge in [0.2, 0.25) is 0 Å². The number of nitrogens with zero attached hydrogens (tertiary/aromatic N) is 2. The Labute approximate surface area is 105 Å². The minimum atomic E-state index is -0.175. The Morgan fingerprint density at radius 1 is 1.29 bits per heavy atom. The van der Waals surface area contributed by atoms with E-state index in [9.17, 15) is 0 Å². The zero-order valence-corrected chi connectivity index (χ0v) is 10.4. The average Bonchev–Trinajstić information content (AvgIpc) is 2.28. The molecule has 0 amide bonds. The molecule has 0 bridgehead atoms. The largest absolute Gasteiger partial charge is 0.497 e. The van der Waals surface area contributed by atoms with Crippen molar-refractivity contribution in [1.29, 1.82) is 0 Å². The van der Waals surface area contributed by atoms with E-state index >= 15 is 0 Å². The van der Waals surface area contributed by atoms with Crippen LogP contribution in [0, 0.1) is 6.92 Å². The van der Waals surface area contributed by atoms with E-state index in [1.807, 2.05) is 25.1 Å². The predicted octanol–water partition coefficient (Wildman–Crippen LogP) is 2.78. The Morgan fingerprint density at radius 2 is 2.06 bits per heavy atom. The summed E-state index contributed by atoms with van der Waals surface area (Å²) < 4.78 is 10.9. The summed E-state index contributed by atoms with van der Waals surface area (Å²) in [5.74, 6) is 1.51. The summed E-state index contributed by atoms with van der Waals surface area (Å²) in [6.07, 6.45) is 2.01. The second kappa shape index (κ2) is 5.19. The number of aryl methyl sites for hydroxylation is 1. The molecule has 0 spiro atoms. The molecule has 0 fully saturated rings. The van der Waals surface area contributed by atoms with Gasteiger partial charge in [0.1, 0.15) is 22.8 Å². The molecule has 1 unspecified atom stereocenters. The molecule has 90 valence electrons. The highest BCUT2D eigenvalue weighted by atomic mass is 35.5. The topological polar surface area (TPSA) is 43.2 Å². The van der Waals surface area contributed by atoms with Crippen molar-refractivity contribution in [3.63, 3.8) is 0 Å². The van der Waals surface area contributed by atoms with Gasteiger partial charge in [0, 0.05) is 12.5 Å². The maximum Gasteiger partial charge on any atom is 0.142 e. The SMILES string of the molecule is COc1cc(C)cc(OC2C=NN=C(Cl)C2)c1. The lowest BCUT2D eigenvalue weighted by Crippen LogP contribution is -2.22. The highest BCUT2D eigenvalue weighted by molar-refractivity contribution is 6.65. The minimum absolute atomic E-state index is 0.175. The Hall–Kier alpha value is -1.55. The molecule has 1 atom stereocenters. The molecule has 1 aliphatic heterocycles. The molecule has 1 aromatic carbocycles. The van der Waals surface area contributed by atoms with Gasteiger partial charge in [-0.05, 0) is 24.6 Å². The number of halogens is 1. The highest BCUT2D eigenvalue weighted by Gasteiger charge is 2.14. The average molecular weight is 253 g/mol. The smallest absolute Gasteiger partial charge is 0.142 e. The van der Waals surface area contributed by atoms with Crippen molar-refractivity contribution < 1.29 is 9.47 Å². The molecular formula is C12H13ClN2O2. The van der Waals surface area contributed by atoms with Crippen LogP contribution in [0.15, 0.2) is 28.4 Å². The lowest BCUT2D eigenvalue weighted by molar-refractivity contribution is 0.276. The molecule has 17 heavy (non-hydrogen) atoms. The maximum absolute atomic E-state index is 5.80. The van der Waals surface area contributed by atoms with Gasteiger partial charge in [-0.2, -0.15) is 5.10 Å². The quantitative estimate of drug-likeness (QED) is 0.830. The van der Waals surface area contributed by atoms with Gasteiger partial charge in [-0.25, -0.2) is 0 Å². The highest BCUT2D eigenvalue weighted by Crippen LogP contribution is 2.24. The molecule has 0 saturated heterocycles. The first-order valence-corrected chi connectivity index (χ1v) is 5.63. The first-order valence-electron chi connectivity index (χ1n) is 5.25. The molecule has 1 aliphatic rings. The Balaban J connectivity index is 2.11. The first-order chi connectivity index (χ1) is 8.17. The van der Waals surface area contributed by atoms with Crippen molar-refractivity contribution >= 4 is 23.0 Å². The van der Waals surface area contributed by atoms with E-state index in [0.717, 1.165) is 17.1 Å². The molecule has 0 aromatic heterocycles. The van der Waals surface area contributed by atoms with Crippen molar-refractivity contribution in [3.05, 3.63) is 23.8 Å². The van der Waals surface area contributed by atoms with Gasteiger partial charge in [-0.15, -0.1) is 5.10 Å². The molecule has 2 rings (SSSR count). The molecule has 4 nitrogen and oxygen atoms in total. The number of hydrogen-bond acceptors (Lipinski definition) is 4. The third-order valence-corrected chi connectivity index (χ3v) is 2.55. The van der Waals surface area contributed by atoms with Crippen LogP contribution in [0.4, 0.5) is 0 Å². The van der Waals surface area contributed by atoms with Crippen LogP contribution in [-0.2, 0) is 0 Å². The number of rotatable bonds is 3. The Bertz CT molecular complexity index is 472. The normalized spacial score (nSPS) is 18.8. The van der Waals surface area contributed by atoms with E-state index in [1.165, 1.54) is 0 Å². The van der Waals surface area contributed by atoms with E-state index in [2.05, 4.69) is 10.2 Å². The lowest BCUT2D eigenvalue weighted by Gasteiger charge is -2.16. The number of benzene rings is 1. The van der Waals surface area contributed by atoms with Gasteiger partial charge in [-0.1, -0.05) is 11.6 Å². The number of hydrogen-bond donors (Lipinski definition) is 0. The van der Waals surface area contributed by atoms with Crippen LogP contribution in [-0.4, -0.2) is 24.6 Å². The molecule has 0 aliphatic carbocycles. The van der Waals surface area contributed by atoms with Crippen LogP contribution in [0.2, 0.25) is 0 Å². The van der Waals surface area contributed by atoms with E-state index in [1.54, 1.807) is 13.3 Å². The summed E-state index contributed by atoms with van der Waals surface area (Å²) in [6.45, 7) is 1.98. The maximum atomic E-state index is 5.80. The summed E-state index contributed by atoms with van der Waals surface area (Å²) in [5, 5.41) is 7.95. The van der Waals surface area contributed by atoms with Crippen LogP contribution >= 0.6 is 11.6 Å². The zero-order valence-electron chi connectivity index (χ0n) is 9.68. The van der Waals surface area contributed by atoms with Gasteiger partial charge in [-0.3, -0.25) is 0 Å². The molecule has 1 heterocycles. The van der Waals surface area contributed by atoms with Crippen molar-refractivity contribution in [2.75, 3.05) is 7.11 Å². The second-order valence-electron chi connectivity index (χ2n) is 3.79. The predicted molar refractivity (Wildman–Crippen MR) is 68.5 cm³/mol. The molecular weight excluding hydrogens is 240 g/mol. The molecule has 5 heteroatoms. The van der Waals surface area contributed by atoms with E-state index in [0.29, 0.717) is 11.6 Å². The van der Waals surface area contributed by atoms with Crippen molar-refractivity contribution in [3.8, 4) is 11.5 Å². The van der Waals surface area contributed by atoms with E-state index in [4.69, 9.17) is 21.1 Å². The standard InChI is InChI=1S/C12H13ClN2O2/c1-8-3-9(16-2)5-10(4-8)17-11-6-12(13)15-14-7-11/h3-5,7,11H,6H2,1-2H3. The second-order valence-corrected chi connectivity index (χ2v) is 4.22. The van der Waals surface area contributed by atoms with Crippen LogP contribution in [0.25, 0.3) is 0 Å². The fourth-order valence-electron chi connectivity index (χ4n) is 1.58. The van der Waals surface area contributed by atoms with Crippen LogP contribution in [0.5, 0.6) is 11.5 Å². The minimum Gasteiger partial charge on any atom is -0.497 e. The van der Waals surface area contributed by atoms with Gasteiger partial charge in [0.25, 0.3) is 0 Å². The third kappa shape index (κ3) is 3.20. The summed E-state index contributed by atoms with van der Waals surface area (Å²) in [7, 11) is 1.63. The first kappa shape index (κ1) is 11.9. The fourth-order valence-corrected chi connectivity index (χ4v) is 1.77. The summed E-state index contributed by atoms with van der Waals surface area (Å²) in [5.41, 5.74) is 1.08. The number of methoxy groups -OCH3 is 1. The summed E-state index contributed by atoms with van der Waals surface area (Å²) in [4.78, 5) is 0. The van der Waals surface area contributed by atoms with Gasteiger partial charge in [0.15, 0.2) is 0 Å². The van der Waals surface area contributed by atoms with Gasteiger partial charge in [0.05, 0.1) is 13.3 Å². The summed E-state index contributed by atoms with van der Waals surface area (Å²) >= 11 is 5.80. The molecule has 0 saturated carbocycles. The fraction of sp³-hybridized carbons (Fsp3) is 0.333. The summed E-state index contributed by atoms with van der Waals surface area (Å²) in [6, 6.07) is 5.72. The third-order valence-electron chi connectivity index (χ3n) is 2.32. The van der Waals surface area contributed by atoms with Crippen molar-refractivity contribution in [2.24, 2.45) is 10.2 Å². The van der Waals surface area contributed by atoms with Crippen LogP contribution in [0.3, 0.4) is 0 Å². The van der Waals surface area contributed by atoms with Crippen molar-refractivity contribution in [1.82, 2.24) is 0 Å². The van der Waals surface area contributed by atoms with Gasteiger partial charge < -0.3 is 9.47 Å². The molecule has 1 aromatic rings. The van der Waals surface area contributed by atoms with Crippen LogP contribution < -0.4 is 9.47 Å². The molecule has 0 radical (unpaired) electrons. The Kier molecular flexibility index (Phi) is 3.64.